The highest BCUT2D eigenvalue weighted by molar-refractivity contribution is 6.31. The lowest BCUT2D eigenvalue weighted by Crippen LogP contribution is -2.38. The van der Waals surface area contributed by atoms with E-state index in [1.165, 1.54) is 6.08 Å². The van der Waals surface area contributed by atoms with Crippen molar-refractivity contribution >= 4 is 34.7 Å². The van der Waals surface area contributed by atoms with Crippen molar-refractivity contribution in [3.8, 4) is 11.3 Å². The topological polar surface area (TPSA) is 80.1 Å². The Morgan fingerprint density at radius 1 is 1.18 bits per heavy atom. The lowest BCUT2D eigenvalue weighted by molar-refractivity contribution is -0.129. The molecule has 2 atom stereocenters. The minimum Gasteiger partial charge on any atom is -0.330 e. The number of halogens is 4. The van der Waals surface area contributed by atoms with E-state index in [0.717, 1.165) is 17.7 Å². The SMILES string of the molecule is CC1CCCC(N2CCC(c3c(C(C)(F)F)ccc(Cl)c3F)=CC2=O)c2cc(ccn2)-c2c(cnn2C)NC1=O. The Morgan fingerprint density at radius 3 is 2.67 bits per heavy atom. The number of hydrogen-bond donors (Lipinski definition) is 1. The highest BCUT2D eigenvalue weighted by Gasteiger charge is 2.35. The van der Waals surface area contributed by atoms with Gasteiger partial charge >= 0.3 is 0 Å². The molecule has 2 bridgehead atoms. The van der Waals surface area contributed by atoms with E-state index in [9.17, 15) is 18.4 Å². The van der Waals surface area contributed by atoms with Crippen LogP contribution in [0.3, 0.4) is 0 Å². The second-order valence-corrected chi connectivity index (χ2v) is 10.9. The summed E-state index contributed by atoms with van der Waals surface area (Å²) in [6, 6.07) is 5.45. The summed E-state index contributed by atoms with van der Waals surface area (Å²) in [4.78, 5) is 32.6. The van der Waals surface area contributed by atoms with Crippen molar-refractivity contribution in [2.75, 3.05) is 11.9 Å². The fourth-order valence-electron chi connectivity index (χ4n) is 5.51. The third kappa shape index (κ3) is 5.24. The maximum absolute atomic E-state index is 15.1. The number of carbonyl (C=O) groups is 2. The lowest BCUT2D eigenvalue weighted by atomic mass is 9.90. The summed E-state index contributed by atoms with van der Waals surface area (Å²) in [5.41, 5.74) is 2.07. The first-order chi connectivity index (χ1) is 19.0. The van der Waals surface area contributed by atoms with Crippen LogP contribution >= 0.6 is 11.6 Å². The van der Waals surface area contributed by atoms with Crippen LogP contribution < -0.4 is 5.32 Å². The van der Waals surface area contributed by atoms with E-state index in [0.29, 0.717) is 43.3 Å². The number of alkyl halides is 2. The first kappa shape index (κ1) is 27.9. The van der Waals surface area contributed by atoms with E-state index in [4.69, 9.17) is 11.6 Å². The Hall–Kier alpha value is -3.66. The summed E-state index contributed by atoms with van der Waals surface area (Å²) in [5.74, 6) is -5.11. The smallest absolute Gasteiger partial charge is 0.271 e. The maximum Gasteiger partial charge on any atom is 0.271 e. The van der Waals surface area contributed by atoms with Crippen LogP contribution in [0.2, 0.25) is 5.02 Å². The van der Waals surface area contributed by atoms with Gasteiger partial charge in [0.05, 0.1) is 34.3 Å². The Kier molecular flexibility index (Phi) is 7.48. The second-order valence-electron chi connectivity index (χ2n) is 10.5. The van der Waals surface area contributed by atoms with Gasteiger partial charge in [-0.05, 0) is 43.0 Å². The zero-order valence-electron chi connectivity index (χ0n) is 22.3. The summed E-state index contributed by atoms with van der Waals surface area (Å²) in [5, 5.41) is 7.00. The molecule has 2 unspecified atom stereocenters. The molecule has 3 aromatic rings. The van der Waals surface area contributed by atoms with Gasteiger partial charge in [0.15, 0.2) is 0 Å². The van der Waals surface area contributed by atoms with E-state index < -0.39 is 29.3 Å². The van der Waals surface area contributed by atoms with E-state index in [2.05, 4.69) is 15.4 Å². The minimum absolute atomic E-state index is 0.116. The molecule has 0 saturated carbocycles. The van der Waals surface area contributed by atoms with Crippen LogP contribution in [0.1, 0.15) is 62.4 Å². The standard InChI is InChI=1S/C29H29ClF3N5O2/c1-16-5-4-6-23(21-13-18(9-11-34-21)27-22(36-28(16)40)15-35-37(27)3)38-12-10-17(14-24(38)39)25-19(29(2,32)33)7-8-20(30)26(25)31/h7-9,11,13-16,23H,4-6,10,12H2,1-3H3,(H,36,40). The van der Waals surface area contributed by atoms with Crippen molar-refractivity contribution in [2.45, 2.75) is 51.5 Å². The van der Waals surface area contributed by atoms with Crippen molar-refractivity contribution in [1.29, 1.82) is 0 Å². The first-order valence-electron chi connectivity index (χ1n) is 13.1. The Balaban J connectivity index is 1.54. The molecule has 1 aromatic carbocycles. The molecule has 2 aliphatic rings. The third-order valence-electron chi connectivity index (χ3n) is 7.62. The predicted molar refractivity (Wildman–Crippen MR) is 146 cm³/mol. The molecule has 2 aliphatic heterocycles. The average Bonchev–Trinajstić information content (AvgIpc) is 3.26. The molecular weight excluding hydrogens is 543 g/mol. The molecule has 1 N–H and O–H groups in total. The number of pyridine rings is 1. The van der Waals surface area contributed by atoms with E-state index in [1.54, 1.807) is 29.0 Å². The number of amides is 2. The van der Waals surface area contributed by atoms with Gasteiger partial charge in [-0.2, -0.15) is 5.10 Å². The predicted octanol–water partition coefficient (Wildman–Crippen LogP) is 6.50. The van der Waals surface area contributed by atoms with Crippen LogP contribution in [0.15, 0.2) is 42.7 Å². The van der Waals surface area contributed by atoms with Gasteiger partial charge < -0.3 is 10.2 Å². The quantitative estimate of drug-likeness (QED) is 0.389. The number of aryl methyl sites for hydroxylation is 1. The fraction of sp³-hybridized carbons (Fsp3) is 0.379. The molecule has 0 saturated heterocycles. The molecule has 0 aliphatic carbocycles. The van der Waals surface area contributed by atoms with Gasteiger partial charge in [0.2, 0.25) is 11.8 Å². The van der Waals surface area contributed by atoms with Gasteiger partial charge in [-0.25, -0.2) is 13.2 Å². The van der Waals surface area contributed by atoms with E-state index in [1.807, 2.05) is 19.1 Å². The number of hydrogen-bond acceptors (Lipinski definition) is 4. The van der Waals surface area contributed by atoms with Gasteiger partial charge in [0, 0.05) is 55.4 Å². The number of benzene rings is 1. The third-order valence-corrected chi connectivity index (χ3v) is 7.91. The summed E-state index contributed by atoms with van der Waals surface area (Å²) in [6.07, 6.45) is 6.40. The molecule has 2 aromatic heterocycles. The van der Waals surface area contributed by atoms with Crippen molar-refractivity contribution < 1.29 is 22.8 Å². The molecule has 7 nitrogen and oxygen atoms in total. The van der Waals surface area contributed by atoms with E-state index in [-0.39, 0.29) is 40.9 Å². The monoisotopic (exact) mass is 571 g/mol. The van der Waals surface area contributed by atoms with Crippen molar-refractivity contribution in [1.82, 2.24) is 19.7 Å². The number of rotatable bonds is 3. The van der Waals surface area contributed by atoms with Crippen LogP contribution in [0.25, 0.3) is 16.8 Å². The van der Waals surface area contributed by atoms with Crippen molar-refractivity contribution in [3.63, 3.8) is 0 Å². The lowest BCUT2D eigenvalue weighted by Gasteiger charge is -2.35. The maximum atomic E-state index is 15.1. The summed E-state index contributed by atoms with van der Waals surface area (Å²) < 4.78 is 45.5. The molecule has 40 heavy (non-hydrogen) atoms. The normalized spacial score (nSPS) is 20.3. The molecule has 5 rings (SSSR count). The Morgan fingerprint density at radius 2 is 1.95 bits per heavy atom. The number of anilines is 1. The highest BCUT2D eigenvalue weighted by atomic mass is 35.5. The largest absolute Gasteiger partial charge is 0.330 e. The van der Waals surface area contributed by atoms with Crippen LogP contribution in [0.4, 0.5) is 18.9 Å². The number of fused-ring (bicyclic) bond motifs is 4. The number of nitrogens with one attached hydrogen (secondary N) is 1. The second kappa shape index (κ2) is 10.7. The van der Waals surface area contributed by atoms with Crippen LogP contribution in [-0.2, 0) is 22.6 Å². The average molecular weight is 572 g/mol. The number of carbonyl (C=O) groups excluding carboxylic acids is 2. The summed E-state index contributed by atoms with van der Waals surface area (Å²) in [7, 11) is 1.78. The Labute approximate surface area is 235 Å². The molecule has 0 spiro atoms. The van der Waals surface area contributed by atoms with Gasteiger partial charge in [-0.15, -0.1) is 0 Å². The van der Waals surface area contributed by atoms with Gasteiger partial charge in [0.1, 0.15) is 5.82 Å². The Bertz CT molecular complexity index is 1510. The molecule has 210 valence electrons. The minimum atomic E-state index is -3.33. The van der Waals surface area contributed by atoms with E-state index >= 15 is 4.39 Å². The van der Waals surface area contributed by atoms with Gasteiger partial charge in [-0.3, -0.25) is 19.3 Å². The first-order valence-corrected chi connectivity index (χ1v) is 13.5. The van der Waals surface area contributed by atoms with Gasteiger partial charge in [-0.1, -0.05) is 31.0 Å². The molecule has 2 amide bonds. The molecule has 11 heteroatoms. The summed E-state index contributed by atoms with van der Waals surface area (Å²) in [6.45, 7) is 2.72. The van der Waals surface area contributed by atoms with Crippen LogP contribution in [0.5, 0.6) is 0 Å². The van der Waals surface area contributed by atoms with Crippen molar-refractivity contribution in [3.05, 3.63) is 70.4 Å². The number of aromatic nitrogens is 3. The van der Waals surface area contributed by atoms with Crippen molar-refractivity contribution in [2.24, 2.45) is 13.0 Å². The summed E-state index contributed by atoms with van der Waals surface area (Å²) >= 11 is 5.94. The molecule has 0 fully saturated rings. The molecule has 4 heterocycles. The highest BCUT2D eigenvalue weighted by Crippen LogP contribution is 2.41. The fourth-order valence-corrected chi connectivity index (χ4v) is 5.67. The molecule has 0 radical (unpaired) electrons. The van der Waals surface area contributed by atoms with Crippen LogP contribution in [-0.4, -0.2) is 38.0 Å². The number of nitrogens with zero attached hydrogens (tertiary/aromatic N) is 4. The zero-order chi connectivity index (χ0) is 28.8. The van der Waals surface area contributed by atoms with Gasteiger partial charge in [0.25, 0.3) is 5.92 Å². The molecular formula is C29H29ClF3N5O2. The zero-order valence-corrected chi connectivity index (χ0v) is 23.1. The van der Waals surface area contributed by atoms with Crippen LogP contribution in [0, 0.1) is 11.7 Å².